The lowest BCUT2D eigenvalue weighted by Gasteiger charge is -2.57. The van der Waals surface area contributed by atoms with E-state index in [-0.39, 0.29) is 17.4 Å². The fraction of sp³-hybridized carbons (Fsp3) is 0.941. The summed E-state index contributed by atoms with van der Waals surface area (Å²) in [4.78, 5) is 14.9. The number of nitrogens with two attached hydrogens (primary N) is 1. The molecule has 0 radical (unpaired) electrons. The number of ether oxygens (including phenoxy) is 1. The molecule has 22 heavy (non-hydrogen) atoms. The molecule has 1 saturated heterocycles. The van der Waals surface area contributed by atoms with Gasteiger partial charge >= 0.3 is 0 Å². The molecule has 5 heteroatoms. The van der Waals surface area contributed by atoms with Crippen LogP contribution >= 0.6 is 0 Å². The van der Waals surface area contributed by atoms with Crippen molar-refractivity contribution in [2.45, 2.75) is 58.6 Å². The fourth-order valence-corrected chi connectivity index (χ4v) is 3.59. The molecule has 0 aromatic rings. The lowest BCUT2D eigenvalue weighted by Crippen LogP contribution is -2.75. The van der Waals surface area contributed by atoms with E-state index in [0.717, 1.165) is 25.6 Å². The first kappa shape index (κ1) is 17.7. The maximum Gasteiger partial charge on any atom is 0.240 e. The van der Waals surface area contributed by atoms with Gasteiger partial charge in [0, 0.05) is 31.5 Å². The Kier molecular flexibility index (Phi) is 5.51. The fourth-order valence-electron chi connectivity index (χ4n) is 3.59. The van der Waals surface area contributed by atoms with Gasteiger partial charge in [-0.15, -0.1) is 0 Å². The van der Waals surface area contributed by atoms with Gasteiger partial charge in [0.15, 0.2) is 0 Å². The average Bonchev–Trinajstić information content (AvgIpc) is 2.48. The van der Waals surface area contributed by atoms with Gasteiger partial charge in [-0.1, -0.05) is 20.8 Å². The molecule has 128 valence electrons. The van der Waals surface area contributed by atoms with Crippen molar-refractivity contribution in [3.05, 3.63) is 0 Å². The summed E-state index contributed by atoms with van der Waals surface area (Å²) in [5, 5.41) is 3.04. The van der Waals surface area contributed by atoms with E-state index in [1.54, 1.807) is 0 Å². The number of nitrogens with one attached hydrogen (secondary N) is 1. The van der Waals surface area contributed by atoms with E-state index in [4.69, 9.17) is 10.5 Å². The third-order valence-electron chi connectivity index (χ3n) is 5.82. The Labute approximate surface area is 134 Å². The summed E-state index contributed by atoms with van der Waals surface area (Å²) in [5.74, 6) is 0.809. The van der Waals surface area contributed by atoms with Crippen molar-refractivity contribution in [1.82, 2.24) is 10.2 Å². The minimum absolute atomic E-state index is 0.0289. The van der Waals surface area contributed by atoms with E-state index in [0.29, 0.717) is 19.6 Å². The highest BCUT2D eigenvalue weighted by Gasteiger charge is 2.62. The molecule has 5 nitrogen and oxygen atoms in total. The lowest BCUT2D eigenvalue weighted by molar-refractivity contribution is -0.170. The van der Waals surface area contributed by atoms with Gasteiger partial charge < -0.3 is 20.7 Å². The second kappa shape index (κ2) is 6.85. The van der Waals surface area contributed by atoms with Crippen molar-refractivity contribution in [3.8, 4) is 0 Å². The zero-order valence-electron chi connectivity index (χ0n) is 14.7. The maximum atomic E-state index is 12.5. The molecule has 1 aliphatic heterocycles. The number of amides is 1. The van der Waals surface area contributed by atoms with E-state index in [9.17, 15) is 4.79 Å². The molecule has 0 aromatic carbocycles. The van der Waals surface area contributed by atoms with E-state index >= 15 is 0 Å². The number of carbonyl (C=O) groups excluding carboxylic acids is 1. The first-order chi connectivity index (χ1) is 10.3. The summed E-state index contributed by atoms with van der Waals surface area (Å²) in [7, 11) is 0. The van der Waals surface area contributed by atoms with Crippen LogP contribution in [0.5, 0.6) is 0 Å². The molecule has 2 rings (SSSR count). The molecular formula is C17H33N3O2. The van der Waals surface area contributed by atoms with Gasteiger partial charge in [-0.05, 0) is 38.8 Å². The SMILES string of the molecule is CCOC1CC(N)(C(=O)NCCN2CCC(C)CC2)C1(C)C. The topological polar surface area (TPSA) is 67.6 Å². The third-order valence-corrected chi connectivity index (χ3v) is 5.82. The van der Waals surface area contributed by atoms with Gasteiger partial charge in [-0.3, -0.25) is 4.79 Å². The molecule has 3 N–H and O–H groups in total. The number of rotatable bonds is 6. The normalized spacial score (nSPS) is 32.5. The van der Waals surface area contributed by atoms with Crippen molar-refractivity contribution < 1.29 is 9.53 Å². The molecule has 2 fully saturated rings. The number of nitrogens with zero attached hydrogens (tertiary/aromatic N) is 1. The van der Waals surface area contributed by atoms with Crippen LogP contribution in [0.3, 0.4) is 0 Å². The predicted molar refractivity (Wildman–Crippen MR) is 88.6 cm³/mol. The minimum atomic E-state index is -0.802. The summed E-state index contributed by atoms with van der Waals surface area (Å²) in [6.07, 6.45) is 3.22. The summed E-state index contributed by atoms with van der Waals surface area (Å²) >= 11 is 0. The molecule has 2 aliphatic rings. The molecular weight excluding hydrogens is 278 g/mol. The molecule has 1 heterocycles. The van der Waals surface area contributed by atoms with Gasteiger partial charge in [-0.25, -0.2) is 0 Å². The standard InChI is InChI=1S/C17H33N3O2/c1-5-22-14-12-17(18,16(14,3)4)15(21)19-8-11-20-9-6-13(2)7-10-20/h13-14H,5-12,18H2,1-4H3,(H,19,21). The Bertz CT molecular complexity index is 391. The first-order valence-electron chi connectivity index (χ1n) is 8.72. The van der Waals surface area contributed by atoms with Gasteiger partial charge in [0.25, 0.3) is 0 Å². The quantitative estimate of drug-likeness (QED) is 0.777. The van der Waals surface area contributed by atoms with Crippen LogP contribution in [-0.2, 0) is 9.53 Å². The van der Waals surface area contributed by atoms with Gasteiger partial charge in [-0.2, -0.15) is 0 Å². The Morgan fingerprint density at radius 2 is 2.00 bits per heavy atom. The highest BCUT2D eigenvalue weighted by Crippen LogP contribution is 2.49. The Balaban J connectivity index is 1.75. The zero-order chi connectivity index (χ0) is 16.4. The minimum Gasteiger partial charge on any atom is -0.378 e. The average molecular weight is 311 g/mol. The highest BCUT2D eigenvalue weighted by atomic mass is 16.5. The number of hydrogen-bond donors (Lipinski definition) is 2. The van der Waals surface area contributed by atoms with Gasteiger partial charge in [0.2, 0.25) is 5.91 Å². The molecule has 2 atom stereocenters. The molecule has 0 aromatic heterocycles. The number of likely N-dealkylation sites (tertiary alicyclic amines) is 1. The van der Waals surface area contributed by atoms with Crippen molar-refractivity contribution in [2.24, 2.45) is 17.1 Å². The van der Waals surface area contributed by atoms with E-state index in [2.05, 4.69) is 17.1 Å². The van der Waals surface area contributed by atoms with Crippen molar-refractivity contribution in [2.75, 3.05) is 32.8 Å². The lowest BCUT2D eigenvalue weighted by atomic mass is 9.54. The van der Waals surface area contributed by atoms with Crippen LogP contribution in [0.1, 0.15) is 47.0 Å². The second-order valence-electron chi connectivity index (χ2n) is 7.62. The number of hydrogen-bond acceptors (Lipinski definition) is 4. The van der Waals surface area contributed by atoms with Crippen LogP contribution in [0, 0.1) is 11.3 Å². The molecule has 0 bridgehead atoms. The molecule has 0 spiro atoms. The van der Waals surface area contributed by atoms with Gasteiger partial charge in [0.05, 0.1) is 6.10 Å². The predicted octanol–water partition coefficient (Wildman–Crippen LogP) is 1.37. The van der Waals surface area contributed by atoms with E-state index in [1.807, 2.05) is 20.8 Å². The maximum absolute atomic E-state index is 12.5. The summed E-state index contributed by atoms with van der Waals surface area (Å²) < 4.78 is 5.68. The molecule has 1 saturated carbocycles. The van der Waals surface area contributed by atoms with Crippen LogP contribution in [-0.4, -0.2) is 55.2 Å². The van der Waals surface area contributed by atoms with Crippen LogP contribution < -0.4 is 11.1 Å². The van der Waals surface area contributed by atoms with E-state index < -0.39 is 5.54 Å². The molecule has 1 aliphatic carbocycles. The van der Waals surface area contributed by atoms with Crippen molar-refractivity contribution in [1.29, 1.82) is 0 Å². The number of piperidine rings is 1. The second-order valence-corrected chi connectivity index (χ2v) is 7.62. The van der Waals surface area contributed by atoms with Crippen LogP contribution in [0.15, 0.2) is 0 Å². The highest BCUT2D eigenvalue weighted by molar-refractivity contribution is 5.88. The Morgan fingerprint density at radius 1 is 1.36 bits per heavy atom. The number of carbonyl (C=O) groups is 1. The monoisotopic (exact) mass is 311 g/mol. The smallest absolute Gasteiger partial charge is 0.240 e. The Morgan fingerprint density at radius 3 is 2.55 bits per heavy atom. The Hall–Kier alpha value is -0.650. The summed E-state index contributed by atoms with van der Waals surface area (Å²) in [6.45, 7) is 12.9. The van der Waals surface area contributed by atoms with Crippen LogP contribution in [0.2, 0.25) is 0 Å². The summed E-state index contributed by atoms with van der Waals surface area (Å²) in [5.41, 5.74) is 5.26. The van der Waals surface area contributed by atoms with Crippen LogP contribution in [0.25, 0.3) is 0 Å². The van der Waals surface area contributed by atoms with Crippen molar-refractivity contribution in [3.63, 3.8) is 0 Å². The largest absolute Gasteiger partial charge is 0.378 e. The van der Waals surface area contributed by atoms with Gasteiger partial charge in [0.1, 0.15) is 5.54 Å². The zero-order valence-corrected chi connectivity index (χ0v) is 14.7. The third kappa shape index (κ3) is 3.31. The summed E-state index contributed by atoms with van der Waals surface area (Å²) in [6, 6.07) is 0. The molecule has 1 amide bonds. The molecule has 2 unspecified atom stereocenters. The van der Waals surface area contributed by atoms with E-state index in [1.165, 1.54) is 12.8 Å². The van der Waals surface area contributed by atoms with Crippen LogP contribution in [0.4, 0.5) is 0 Å². The van der Waals surface area contributed by atoms with Crippen molar-refractivity contribution >= 4 is 5.91 Å². The first-order valence-corrected chi connectivity index (χ1v) is 8.72.